The van der Waals surface area contributed by atoms with E-state index in [-0.39, 0.29) is 38.4 Å². The van der Waals surface area contributed by atoms with Crippen LogP contribution in [0, 0.1) is 0 Å². The Morgan fingerprint density at radius 1 is 0.963 bits per heavy atom. The first kappa shape index (κ1) is 25.7. The predicted molar refractivity (Wildman–Crippen MR) is 96.3 cm³/mol. The highest BCUT2D eigenvalue weighted by atomic mass is 19.1. The minimum atomic E-state index is -1.22. The Kier molecular flexibility index (Phi) is 18.5. The number of ether oxygens (including phenoxy) is 5. The van der Waals surface area contributed by atoms with Crippen molar-refractivity contribution < 1.29 is 37.7 Å². The average molecular weight is 396 g/mol. The Morgan fingerprint density at radius 2 is 1.52 bits per heavy atom. The monoisotopic (exact) mass is 396 g/mol. The van der Waals surface area contributed by atoms with E-state index in [1.807, 2.05) is 13.8 Å². The Balaban J connectivity index is 3.17. The van der Waals surface area contributed by atoms with Gasteiger partial charge in [0.25, 0.3) is 0 Å². The number of amides is 2. The molecule has 10 heteroatoms. The van der Waals surface area contributed by atoms with Crippen molar-refractivity contribution in [1.29, 1.82) is 0 Å². The summed E-state index contributed by atoms with van der Waals surface area (Å²) < 4.78 is 39.2. The van der Waals surface area contributed by atoms with E-state index < -0.39 is 6.17 Å². The Hall–Kier alpha value is -1.33. The van der Waals surface area contributed by atoms with E-state index in [2.05, 4.69) is 10.6 Å². The maximum absolute atomic E-state index is 13.1. The molecule has 1 unspecified atom stereocenters. The van der Waals surface area contributed by atoms with Gasteiger partial charge in [0.2, 0.25) is 12.3 Å². The molecule has 0 aliphatic rings. The fourth-order valence-corrected chi connectivity index (χ4v) is 1.66. The topological polar surface area (TPSA) is 104 Å². The van der Waals surface area contributed by atoms with Gasteiger partial charge < -0.3 is 34.3 Å². The molecule has 9 nitrogen and oxygen atoms in total. The number of carbonyl (C=O) groups is 2. The molecule has 0 radical (unpaired) electrons. The van der Waals surface area contributed by atoms with Crippen LogP contribution in [0.15, 0.2) is 0 Å². The van der Waals surface area contributed by atoms with E-state index in [4.69, 9.17) is 23.7 Å². The molecule has 27 heavy (non-hydrogen) atoms. The van der Waals surface area contributed by atoms with Crippen molar-refractivity contribution in [3.8, 4) is 0 Å². The fourth-order valence-electron chi connectivity index (χ4n) is 1.66. The Bertz CT molecular complexity index is 362. The lowest BCUT2D eigenvalue weighted by molar-refractivity contribution is -0.127. The third kappa shape index (κ3) is 20.8. The largest absolute Gasteiger partial charge is 0.377 e. The Morgan fingerprint density at radius 3 is 2.07 bits per heavy atom. The lowest BCUT2D eigenvalue weighted by Crippen LogP contribution is -2.31. The summed E-state index contributed by atoms with van der Waals surface area (Å²) >= 11 is 0. The molecular weight excluding hydrogens is 363 g/mol. The van der Waals surface area contributed by atoms with E-state index in [1.54, 1.807) is 0 Å². The third-order valence-corrected chi connectivity index (χ3v) is 2.95. The van der Waals surface area contributed by atoms with Crippen molar-refractivity contribution in [1.82, 2.24) is 10.6 Å². The molecule has 0 aliphatic heterocycles. The summed E-state index contributed by atoms with van der Waals surface area (Å²) in [6.07, 6.45) is -0.747. The summed E-state index contributed by atoms with van der Waals surface area (Å²) in [4.78, 5) is 21.3. The van der Waals surface area contributed by atoms with Crippen LogP contribution >= 0.6 is 0 Å². The molecule has 2 N–H and O–H groups in total. The van der Waals surface area contributed by atoms with Crippen molar-refractivity contribution >= 4 is 12.3 Å². The van der Waals surface area contributed by atoms with Gasteiger partial charge >= 0.3 is 0 Å². The Labute approximate surface area is 160 Å². The highest BCUT2D eigenvalue weighted by Crippen LogP contribution is 1.90. The summed E-state index contributed by atoms with van der Waals surface area (Å²) in [5.41, 5.74) is 0. The van der Waals surface area contributed by atoms with E-state index in [0.29, 0.717) is 52.6 Å². The molecule has 0 rings (SSSR count). The molecule has 0 fully saturated rings. The third-order valence-electron chi connectivity index (χ3n) is 2.95. The SMILES string of the molecule is CC(C)OCC(=O)NCCOCCOCCOCCOCC(F)CNC=O. The average Bonchev–Trinajstić information content (AvgIpc) is 2.64. The molecule has 2 amide bonds. The van der Waals surface area contributed by atoms with Crippen LogP contribution in [0.4, 0.5) is 4.39 Å². The van der Waals surface area contributed by atoms with Crippen molar-refractivity contribution in [2.45, 2.75) is 26.1 Å². The van der Waals surface area contributed by atoms with Gasteiger partial charge in [-0.15, -0.1) is 0 Å². The summed E-state index contributed by atoms with van der Waals surface area (Å²) in [5, 5.41) is 4.93. The van der Waals surface area contributed by atoms with Gasteiger partial charge in [-0.1, -0.05) is 0 Å². The first-order valence-electron chi connectivity index (χ1n) is 9.06. The number of nitrogens with one attached hydrogen (secondary N) is 2. The van der Waals surface area contributed by atoms with Gasteiger partial charge in [0.1, 0.15) is 12.8 Å². The van der Waals surface area contributed by atoms with Gasteiger partial charge in [-0.05, 0) is 13.8 Å². The van der Waals surface area contributed by atoms with Gasteiger partial charge in [-0.25, -0.2) is 4.39 Å². The molecule has 0 heterocycles. The second-order valence-corrected chi connectivity index (χ2v) is 5.75. The van der Waals surface area contributed by atoms with Crippen molar-refractivity contribution in [2.75, 3.05) is 72.6 Å². The molecule has 0 aliphatic carbocycles. The van der Waals surface area contributed by atoms with E-state index in [1.165, 1.54) is 0 Å². The summed E-state index contributed by atoms with van der Waals surface area (Å²) in [7, 11) is 0. The molecule has 0 aromatic heterocycles. The molecular formula is C17H33FN2O7. The second-order valence-electron chi connectivity index (χ2n) is 5.75. The van der Waals surface area contributed by atoms with Crippen LogP contribution in [0.1, 0.15) is 13.8 Å². The zero-order chi connectivity index (χ0) is 20.2. The molecule has 0 spiro atoms. The lowest BCUT2D eigenvalue weighted by Gasteiger charge is -2.10. The van der Waals surface area contributed by atoms with Gasteiger partial charge in [-0.3, -0.25) is 9.59 Å². The van der Waals surface area contributed by atoms with Crippen LogP contribution in [-0.4, -0.2) is 97.1 Å². The molecule has 0 bridgehead atoms. The van der Waals surface area contributed by atoms with Crippen LogP contribution in [0.5, 0.6) is 0 Å². The van der Waals surface area contributed by atoms with Crippen LogP contribution < -0.4 is 10.6 Å². The smallest absolute Gasteiger partial charge is 0.246 e. The van der Waals surface area contributed by atoms with E-state index in [9.17, 15) is 14.0 Å². The number of alkyl halides is 1. The molecule has 0 saturated carbocycles. The minimum Gasteiger partial charge on any atom is -0.377 e. The first-order chi connectivity index (χ1) is 13.1. The van der Waals surface area contributed by atoms with Crippen LogP contribution in [-0.2, 0) is 33.3 Å². The van der Waals surface area contributed by atoms with E-state index >= 15 is 0 Å². The number of rotatable bonds is 20. The maximum atomic E-state index is 13.1. The van der Waals surface area contributed by atoms with Crippen molar-refractivity contribution in [3.05, 3.63) is 0 Å². The van der Waals surface area contributed by atoms with Gasteiger partial charge in [0.05, 0.1) is 65.5 Å². The van der Waals surface area contributed by atoms with E-state index in [0.717, 1.165) is 0 Å². The maximum Gasteiger partial charge on any atom is 0.246 e. The zero-order valence-electron chi connectivity index (χ0n) is 16.2. The molecule has 1 atom stereocenters. The van der Waals surface area contributed by atoms with Crippen LogP contribution in [0.3, 0.4) is 0 Å². The standard InChI is InChI=1S/C17H33FN2O7/c1-15(2)27-13-17(22)20-3-4-23-5-6-24-7-8-25-9-10-26-12-16(18)11-19-14-21/h14-16H,3-13H2,1-2H3,(H,19,21)(H,20,22). The number of halogens is 1. The quantitative estimate of drug-likeness (QED) is 0.215. The number of hydrogen-bond donors (Lipinski definition) is 2. The van der Waals surface area contributed by atoms with Crippen molar-refractivity contribution in [3.63, 3.8) is 0 Å². The van der Waals surface area contributed by atoms with Gasteiger partial charge in [0, 0.05) is 6.54 Å². The molecule has 0 aromatic rings. The molecule has 160 valence electrons. The van der Waals surface area contributed by atoms with Crippen LogP contribution in [0.25, 0.3) is 0 Å². The second kappa shape index (κ2) is 19.4. The number of carbonyl (C=O) groups excluding carboxylic acids is 2. The molecule has 0 saturated heterocycles. The fraction of sp³-hybridized carbons (Fsp3) is 0.882. The normalized spacial score (nSPS) is 12.1. The lowest BCUT2D eigenvalue weighted by atomic mass is 10.4. The van der Waals surface area contributed by atoms with Crippen molar-refractivity contribution in [2.24, 2.45) is 0 Å². The molecule has 0 aromatic carbocycles. The summed E-state index contributed by atoms with van der Waals surface area (Å²) in [5.74, 6) is -0.163. The van der Waals surface area contributed by atoms with Crippen LogP contribution in [0.2, 0.25) is 0 Å². The summed E-state index contributed by atoms with van der Waals surface area (Å²) in [6, 6.07) is 0. The predicted octanol–water partition coefficient (Wildman–Crippen LogP) is -0.322. The summed E-state index contributed by atoms with van der Waals surface area (Å²) in [6.45, 7) is 6.78. The van der Waals surface area contributed by atoms with Gasteiger partial charge in [0.15, 0.2) is 0 Å². The highest BCUT2D eigenvalue weighted by molar-refractivity contribution is 5.77. The zero-order valence-corrected chi connectivity index (χ0v) is 16.2. The minimum absolute atomic E-state index is 0.0277. The highest BCUT2D eigenvalue weighted by Gasteiger charge is 2.05. The number of hydrogen-bond acceptors (Lipinski definition) is 7. The van der Waals surface area contributed by atoms with Gasteiger partial charge in [-0.2, -0.15) is 0 Å². The first-order valence-corrected chi connectivity index (χ1v) is 9.06.